The van der Waals surface area contributed by atoms with Crippen molar-refractivity contribution < 1.29 is 13.2 Å². The molecule has 0 amide bonds. The van der Waals surface area contributed by atoms with Gasteiger partial charge in [-0.1, -0.05) is 13.8 Å². The lowest BCUT2D eigenvalue weighted by Gasteiger charge is -2.37. The molecule has 1 unspecified atom stereocenters. The molecule has 120 valence electrons. The molecule has 1 saturated carbocycles. The molecule has 0 radical (unpaired) electrons. The van der Waals surface area contributed by atoms with Gasteiger partial charge in [-0.15, -0.1) is 0 Å². The Bertz CT molecular complexity index is 305. The van der Waals surface area contributed by atoms with E-state index in [9.17, 15) is 13.2 Å². The summed E-state index contributed by atoms with van der Waals surface area (Å²) in [6.07, 6.45) is -1.42. The van der Waals surface area contributed by atoms with Crippen molar-refractivity contribution in [3.8, 4) is 0 Å². The summed E-state index contributed by atoms with van der Waals surface area (Å²) < 4.78 is 38.1. The van der Waals surface area contributed by atoms with Crippen LogP contribution in [-0.4, -0.2) is 42.3 Å². The number of nitrogens with zero attached hydrogens (tertiary/aromatic N) is 1. The van der Waals surface area contributed by atoms with Crippen LogP contribution in [0, 0.1) is 5.41 Å². The van der Waals surface area contributed by atoms with Crippen LogP contribution in [0.2, 0.25) is 0 Å². The van der Waals surface area contributed by atoms with E-state index in [1.54, 1.807) is 4.90 Å². The molecule has 1 atom stereocenters. The molecule has 2 nitrogen and oxygen atoms in total. The lowest BCUT2D eigenvalue weighted by Crippen LogP contribution is -2.49. The van der Waals surface area contributed by atoms with Gasteiger partial charge >= 0.3 is 6.18 Å². The first-order chi connectivity index (χ1) is 8.94. The lowest BCUT2D eigenvalue weighted by atomic mass is 9.85. The summed E-state index contributed by atoms with van der Waals surface area (Å²) in [7, 11) is 0. The third-order valence-electron chi connectivity index (χ3n) is 3.93. The van der Waals surface area contributed by atoms with Gasteiger partial charge in [-0.3, -0.25) is 4.90 Å². The van der Waals surface area contributed by atoms with E-state index in [0.29, 0.717) is 6.54 Å². The van der Waals surface area contributed by atoms with E-state index < -0.39 is 12.7 Å². The van der Waals surface area contributed by atoms with E-state index in [0.717, 1.165) is 25.8 Å². The molecule has 20 heavy (non-hydrogen) atoms. The molecule has 0 bridgehead atoms. The zero-order chi connectivity index (χ0) is 15.6. The van der Waals surface area contributed by atoms with Crippen LogP contribution in [0.3, 0.4) is 0 Å². The van der Waals surface area contributed by atoms with Crippen molar-refractivity contribution in [1.82, 2.24) is 10.2 Å². The molecule has 1 aliphatic rings. The lowest BCUT2D eigenvalue weighted by molar-refractivity contribution is -0.150. The minimum absolute atomic E-state index is 0.00906. The van der Waals surface area contributed by atoms with E-state index in [2.05, 4.69) is 39.9 Å². The fourth-order valence-electron chi connectivity index (χ4n) is 2.25. The van der Waals surface area contributed by atoms with Crippen LogP contribution in [0.25, 0.3) is 0 Å². The van der Waals surface area contributed by atoms with Gasteiger partial charge in [-0.25, -0.2) is 0 Å². The maximum Gasteiger partial charge on any atom is 0.401 e. The Morgan fingerprint density at radius 3 is 1.95 bits per heavy atom. The Morgan fingerprint density at radius 2 is 1.60 bits per heavy atom. The molecule has 5 heteroatoms. The predicted octanol–water partition coefficient (Wildman–Crippen LogP) is 3.82. The Morgan fingerprint density at radius 1 is 1.05 bits per heavy atom. The van der Waals surface area contributed by atoms with Crippen LogP contribution in [0.15, 0.2) is 0 Å². The summed E-state index contributed by atoms with van der Waals surface area (Å²) in [6.45, 7) is 10.9. The smallest absolute Gasteiger partial charge is 0.311 e. The minimum Gasteiger partial charge on any atom is -0.311 e. The average molecular weight is 294 g/mol. The van der Waals surface area contributed by atoms with E-state index >= 15 is 0 Å². The molecule has 1 rings (SSSR count). The summed E-state index contributed by atoms with van der Waals surface area (Å²) in [4.78, 5) is 1.63. The SMILES string of the molecule is CCC(C)(CNC(C)(C)C)CN(CC(F)(F)F)C1CC1. The summed E-state index contributed by atoms with van der Waals surface area (Å²) in [5.41, 5.74) is -0.133. The number of nitrogens with one attached hydrogen (secondary N) is 1. The number of hydrogen-bond acceptors (Lipinski definition) is 2. The molecular formula is C15H29F3N2. The highest BCUT2D eigenvalue weighted by Crippen LogP contribution is 2.34. The van der Waals surface area contributed by atoms with E-state index in [4.69, 9.17) is 0 Å². The molecule has 0 aromatic heterocycles. The Balaban J connectivity index is 2.62. The van der Waals surface area contributed by atoms with Gasteiger partial charge in [0.2, 0.25) is 0 Å². The van der Waals surface area contributed by atoms with Crippen molar-refractivity contribution in [1.29, 1.82) is 0 Å². The quantitative estimate of drug-likeness (QED) is 0.768. The van der Waals surface area contributed by atoms with Crippen LogP contribution < -0.4 is 5.32 Å². The van der Waals surface area contributed by atoms with E-state index in [1.165, 1.54) is 0 Å². The number of hydrogen-bond donors (Lipinski definition) is 1. The van der Waals surface area contributed by atoms with Gasteiger partial charge in [0.15, 0.2) is 0 Å². The van der Waals surface area contributed by atoms with Gasteiger partial charge in [0.05, 0.1) is 6.54 Å². The second-order valence-corrected chi connectivity index (χ2v) is 7.52. The first-order valence-corrected chi connectivity index (χ1v) is 7.50. The normalized spacial score (nSPS) is 20.2. The number of rotatable bonds is 7. The molecule has 1 aliphatic carbocycles. The zero-order valence-corrected chi connectivity index (χ0v) is 13.4. The maximum absolute atomic E-state index is 12.7. The van der Waals surface area contributed by atoms with Crippen LogP contribution in [0.1, 0.15) is 53.9 Å². The largest absolute Gasteiger partial charge is 0.401 e. The van der Waals surface area contributed by atoms with Crippen LogP contribution in [0.4, 0.5) is 13.2 Å². The molecule has 0 aromatic rings. The highest BCUT2D eigenvalue weighted by Gasteiger charge is 2.40. The summed E-state index contributed by atoms with van der Waals surface area (Å²) >= 11 is 0. The van der Waals surface area contributed by atoms with Crippen LogP contribution in [-0.2, 0) is 0 Å². The van der Waals surface area contributed by atoms with Crippen LogP contribution in [0.5, 0.6) is 0 Å². The summed E-state index contributed by atoms with van der Waals surface area (Å²) in [6, 6.07) is 0.136. The first-order valence-electron chi connectivity index (χ1n) is 7.50. The second-order valence-electron chi connectivity index (χ2n) is 7.52. The molecule has 1 fully saturated rings. The monoisotopic (exact) mass is 294 g/mol. The van der Waals surface area contributed by atoms with Crippen molar-refractivity contribution in [2.24, 2.45) is 5.41 Å². The maximum atomic E-state index is 12.7. The summed E-state index contributed by atoms with van der Waals surface area (Å²) in [5, 5.41) is 3.43. The Hall–Kier alpha value is -0.290. The third-order valence-corrected chi connectivity index (χ3v) is 3.93. The topological polar surface area (TPSA) is 15.3 Å². The molecule has 0 saturated heterocycles. The molecule has 0 heterocycles. The van der Waals surface area contributed by atoms with Crippen LogP contribution >= 0.6 is 0 Å². The van der Waals surface area contributed by atoms with E-state index in [1.807, 2.05) is 0 Å². The molecule has 1 N–H and O–H groups in total. The Kier molecular flexibility index (Phi) is 5.53. The van der Waals surface area contributed by atoms with Gasteiger partial charge in [0.1, 0.15) is 0 Å². The molecule has 0 aliphatic heterocycles. The van der Waals surface area contributed by atoms with E-state index in [-0.39, 0.29) is 17.0 Å². The van der Waals surface area contributed by atoms with Gasteiger partial charge < -0.3 is 5.32 Å². The second kappa shape index (κ2) is 6.22. The van der Waals surface area contributed by atoms with Gasteiger partial charge in [0.25, 0.3) is 0 Å². The molecule has 0 aromatic carbocycles. The number of halogens is 3. The first kappa shape index (κ1) is 17.8. The van der Waals surface area contributed by atoms with Crippen molar-refractivity contribution >= 4 is 0 Å². The van der Waals surface area contributed by atoms with Gasteiger partial charge in [-0.2, -0.15) is 13.2 Å². The minimum atomic E-state index is -4.10. The average Bonchev–Trinajstić information content (AvgIpc) is 3.06. The van der Waals surface area contributed by atoms with Gasteiger partial charge in [0, 0.05) is 24.7 Å². The standard InChI is InChI=1S/C15H29F3N2/c1-6-14(5,9-19-13(2,3)4)10-20(12-7-8-12)11-15(16,17)18/h12,19H,6-11H2,1-5H3. The summed E-state index contributed by atoms with van der Waals surface area (Å²) in [5.74, 6) is 0. The fraction of sp³-hybridized carbons (Fsp3) is 1.00. The van der Waals surface area contributed by atoms with Crippen molar-refractivity contribution in [2.45, 2.75) is 71.6 Å². The highest BCUT2D eigenvalue weighted by molar-refractivity contribution is 4.91. The zero-order valence-electron chi connectivity index (χ0n) is 13.4. The highest BCUT2D eigenvalue weighted by atomic mass is 19.4. The predicted molar refractivity (Wildman–Crippen MR) is 76.8 cm³/mol. The van der Waals surface area contributed by atoms with Gasteiger partial charge in [-0.05, 0) is 45.4 Å². The Labute approximate surface area is 121 Å². The van der Waals surface area contributed by atoms with Crippen molar-refractivity contribution in [2.75, 3.05) is 19.6 Å². The molecule has 0 spiro atoms. The number of alkyl halides is 3. The van der Waals surface area contributed by atoms with Crippen molar-refractivity contribution in [3.05, 3.63) is 0 Å². The van der Waals surface area contributed by atoms with Crippen molar-refractivity contribution in [3.63, 3.8) is 0 Å². The third kappa shape index (κ3) is 6.93. The fourth-order valence-corrected chi connectivity index (χ4v) is 2.25. The molecular weight excluding hydrogens is 265 g/mol.